The van der Waals surface area contributed by atoms with E-state index in [1.54, 1.807) is 0 Å². The third-order valence-electron chi connectivity index (χ3n) is 1.80. The van der Waals surface area contributed by atoms with Crippen LogP contribution in [0.3, 0.4) is 0 Å². The normalized spacial score (nSPS) is 9.00. The quantitative estimate of drug-likeness (QED) is 0.576. The van der Waals surface area contributed by atoms with E-state index < -0.39 is 0 Å². The Kier molecular flexibility index (Phi) is 7.86. The van der Waals surface area contributed by atoms with Crippen LogP contribution in [-0.4, -0.2) is 13.1 Å². The van der Waals surface area contributed by atoms with Crippen molar-refractivity contribution in [2.75, 3.05) is 7.11 Å². The SMILES string of the molecule is C=C(CC(C)C)C(=O)OC.c1ccccc1. The molecule has 0 saturated heterocycles. The predicted octanol–water partition coefficient (Wildman–Crippen LogP) is 3.45. The summed E-state index contributed by atoms with van der Waals surface area (Å²) >= 11 is 0. The average molecular weight is 220 g/mol. The second kappa shape index (κ2) is 8.72. The topological polar surface area (TPSA) is 26.3 Å². The minimum absolute atomic E-state index is 0.297. The molecule has 0 fully saturated rings. The average Bonchev–Trinajstić information content (AvgIpc) is 2.30. The van der Waals surface area contributed by atoms with Crippen LogP contribution in [0.4, 0.5) is 0 Å². The Labute approximate surface area is 97.9 Å². The summed E-state index contributed by atoms with van der Waals surface area (Å²) < 4.78 is 4.47. The molecule has 16 heavy (non-hydrogen) atoms. The molecule has 0 atom stereocenters. The van der Waals surface area contributed by atoms with Gasteiger partial charge in [-0.2, -0.15) is 0 Å². The zero-order valence-corrected chi connectivity index (χ0v) is 10.3. The second-order valence-electron chi connectivity index (χ2n) is 3.85. The molecular formula is C14H20O2. The third kappa shape index (κ3) is 7.80. The minimum Gasteiger partial charge on any atom is -0.466 e. The van der Waals surface area contributed by atoms with Gasteiger partial charge in [0.05, 0.1) is 7.11 Å². The Morgan fingerprint density at radius 3 is 1.75 bits per heavy atom. The number of methoxy groups -OCH3 is 1. The van der Waals surface area contributed by atoms with Gasteiger partial charge in [0.2, 0.25) is 0 Å². The number of carbonyl (C=O) groups excluding carboxylic acids is 1. The standard InChI is InChI=1S/C8H14O2.C6H6/c1-6(2)5-7(3)8(9)10-4;1-2-4-6-5-3-1/h6H,3,5H2,1-2,4H3;1-6H. The molecule has 0 aliphatic carbocycles. The van der Waals surface area contributed by atoms with Gasteiger partial charge in [0.25, 0.3) is 0 Å². The highest BCUT2D eigenvalue weighted by atomic mass is 16.5. The van der Waals surface area contributed by atoms with Crippen molar-refractivity contribution in [2.45, 2.75) is 20.3 Å². The summed E-state index contributed by atoms with van der Waals surface area (Å²) in [6, 6.07) is 12.0. The maximum absolute atomic E-state index is 10.7. The lowest BCUT2D eigenvalue weighted by Gasteiger charge is -2.04. The predicted molar refractivity (Wildman–Crippen MR) is 67.1 cm³/mol. The first-order valence-corrected chi connectivity index (χ1v) is 5.34. The molecular weight excluding hydrogens is 200 g/mol. The van der Waals surface area contributed by atoms with Gasteiger partial charge in [-0.25, -0.2) is 4.79 Å². The fourth-order valence-electron chi connectivity index (χ4n) is 1.11. The lowest BCUT2D eigenvalue weighted by Crippen LogP contribution is -2.05. The minimum atomic E-state index is -0.297. The van der Waals surface area contributed by atoms with Gasteiger partial charge in [0.1, 0.15) is 0 Å². The molecule has 2 nitrogen and oxygen atoms in total. The molecule has 1 rings (SSSR count). The van der Waals surface area contributed by atoms with Gasteiger partial charge in [-0.05, 0) is 12.3 Å². The zero-order valence-electron chi connectivity index (χ0n) is 10.3. The van der Waals surface area contributed by atoms with Crippen LogP contribution in [-0.2, 0) is 9.53 Å². The number of carbonyl (C=O) groups is 1. The van der Waals surface area contributed by atoms with Crippen molar-refractivity contribution in [1.82, 2.24) is 0 Å². The summed E-state index contributed by atoms with van der Waals surface area (Å²) in [4.78, 5) is 10.7. The van der Waals surface area contributed by atoms with Crippen LogP contribution < -0.4 is 0 Å². The lowest BCUT2D eigenvalue weighted by atomic mass is 10.1. The summed E-state index contributed by atoms with van der Waals surface area (Å²) in [6.07, 6.45) is 0.715. The van der Waals surface area contributed by atoms with Gasteiger partial charge < -0.3 is 4.74 Å². The lowest BCUT2D eigenvalue weighted by molar-refractivity contribution is -0.136. The molecule has 0 radical (unpaired) electrons. The Hall–Kier alpha value is -1.57. The summed E-state index contributed by atoms with van der Waals surface area (Å²) in [5.74, 6) is 0.167. The van der Waals surface area contributed by atoms with Crippen molar-refractivity contribution in [2.24, 2.45) is 5.92 Å². The zero-order chi connectivity index (χ0) is 12.4. The van der Waals surface area contributed by atoms with E-state index in [9.17, 15) is 4.79 Å². The fraction of sp³-hybridized carbons (Fsp3) is 0.357. The molecule has 2 heteroatoms. The summed E-state index contributed by atoms with van der Waals surface area (Å²) in [5, 5.41) is 0. The van der Waals surface area contributed by atoms with Crippen molar-refractivity contribution < 1.29 is 9.53 Å². The van der Waals surface area contributed by atoms with E-state index in [4.69, 9.17) is 0 Å². The van der Waals surface area contributed by atoms with Crippen LogP contribution in [0.25, 0.3) is 0 Å². The van der Waals surface area contributed by atoms with E-state index in [0.29, 0.717) is 17.9 Å². The number of ether oxygens (including phenoxy) is 1. The van der Waals surface area contributed by atoms with Crippen molar-refractivity contribution in [3.05, 3.63) is 48.6 Å². The molecule has 0 aromatic heterocycles. The van der Waals surface area contributed by atoms with Crippen LogP contribution in [0.5, 0.6) is 0 Å². The van der Waals surface area contributed by atoms with Crippen molar-refractivity contribution >= 4 is 5.97 Å². The van der Waals surface area contributed by atoms with Crippen molar-refractivity contribution in [1.29, 1.82) is 0 Å². The molecule has 1 aromatic carbocycles. The van der Waals surface area contributed by atoms with E-state index >= 15 is 0 Å². The molecule has 0 amide bonds. The molecule has 1 aromatic rings. The number of benzene rings is 1. The van der Waals surface area contributed by atoms with Gasteiger partial charge in [0, 0.05) is 5.57 Å². The Morgan fingerprint density at radius 2 is 1.50 bits per heavy atom. The molecule has 0 saturated carbocycles. The number of rotatable bonds is 3. The highest BCUT2D eigenvalue weighted by Gasteiger charge is 2.07. The molecule has 0 bridgehead atoms. The van der Waals surface area contributed by atoms with Gasteiger partial charge in [-0.1, -0.05) is 56.8 Å². The van der Waals surface area contributed by atoms with E-state index in [0.717, 1.165) is 0 Å². The molecule has 0 aliphatic rings. The maximum atomic E-state index is 10.7. The molecule has 88 valence electrons. The Morgan fingerprint density at radius 1 is 1.12 bits per heavy atom. The van der Waals surface area contributed by atoms with Gasteiger partial charge in [-0.3, -0.25) is 0 Å². The molecule has 0 unspecified atom stereocenters. The highest BCUT2D eigenvalue weighted by Crippen LogP contribution is 2.08. The van der Waals surface area contributed by atoms with Gasteiger partial charge in [-0.15, -0.1) is 0 Å². The first kappa shape index (κ1) is 14.4. The maximum Gasteiger partial charge on any atom is 0.333 e. The molecule has 0 N–H and O–H groups in total. The largest absolute Gasteiger partial charge is 0.466 e. The molecule has 0 spiro atoms. The first-order valence-electron chi connectivity index (χ1n) is 5.34. The highest BCUT2D eigenvalue weighted by molar-refractivity contribution is 5.87. The van der Waals surface area contributed by atoms with Crippen LogP contribution >= 0.6 is 0 Å². The number of esters is 1. The van der Waals surface area contributed by atoms with Crippen LogP contribution in [0.1, 0.15) is 20.3 Å². The van der Waals surface area contributed by atoms with Crippen LogP contribution in [0, 0.1) is 5.92 Å². The fourth-order valence-corrected chi connectivity index (χ4v) is 1.11. The Bertz CT molecular complexity index is 275. The second-order valence-corrected chi connectivity index (χ2v) is 3.85. The van der Waals surface area contributed by atoms with E-state index in [1.807, 2.05) is 50.2 Å². The summed E-state index contributed by atoms with van der Waals surface area (Å²) in [5.41, 5.74) is 0.553. The van der Waals surface area contributed by atoms with E-state index in [-0.39, 0.29) is 5.97 Å². The van der Waals surface area contributed by atoms with Crippen LogP contribution in [0.15, 0.2) is 48.6 Å². The summed E-state index contributed by atoms with van der Waals surface area (Å²) in [7, 11) is 1.37. The molecule has 0 aliphatic heterocycles. The molecule has 0 heterocycles. The third-order valence-corrected chi connectivity index (χ3v) is 1.80. The number of hydrogen-bond acceptors (Lipinski definition) is 2. The van der Waals surface area contributed by atoms with Crippen LogP contribution in [0.2, 0.25) is 0 Å². The number of hydrogen-bond donors (Lipinski definition) is 0. The Balaban J connectivity index is 0.000000315. The van der Waals surface area contributed by atoms with Crippen molar-refractivity contribution in [3.63, 3.8) is 0 Å². The monoisotopic (exact) mass is 220 g/mol. The van der Waals surface area contributed by atoms with E-state index in [2.05, 4.69) is 11.3 Å². The first-order chi connectivity index (χ1) is 7.57. The van der Waals surface area contributed by atoms with Gasteiger partial charge in [0.15, 0.2) is 0 Å². The summed E-state index contributed by atoms with van der Waals surface area (Å²) in [6.45, 7) is 7.66. The smallest absolute Gasteiger partial charge is 0.333 e. The van der Waals surface area contributed by atoms with Crippen molar-refractivity contribution in [3.8, 4) is 0 Å². The van der Waals surface area contributed by atoms with E-state index in [1.165, 1.54) is 7.11 Å². The van der Waals surface area contributed by atoms with Gasteiger partial charge >= 0.3 is 5.97 Å².